The number of aromatic nitrogens is 1. The molecule has 1 aromatic heterocycles. The molecular weight excluding hydrogens is 268 g/mol. The molecule has 1 saturated carbocycles. The maximum absolute atomic E-state index is 10.8. The molecule has 2 heterocycles. The van der Waals surface area contributed by atoms with Gasteiger partial charge in [-0.15, -0.1) is 0 Å². The zero-order valence-corrected chi connectivity index (χ0v) is 12.4. The minimum Gasteiger partial charge on any atom is -0.352 e. The van der Waals surface area contributed by atoms with E-state index in [-0.39, 0.29) is 10.6 Å². The number of nitrogens with zero attached hydrogens (tertiary/aromatic N) is 3. The Hall–Kier alpha value is -1.69. The third-order valence-electron chi connectivity index (χ3n) is 4.34. The van der Waals surface area contributed by atoms with E-state index in [0.29, 0.717) is 12.1 Å². The molecule has 1 aliphatic carbocycles. The van der Waals surface area contributed by atoms with Gasteiger partial charge in [-0.1, -0.05) is 6.42 Å². The van der Waals surface area contributed by atoms with Gasteiger partial charge in [0.2, 0.25) is 0 Å². The maximum Gasteiger partial charge on any atom is 0.287 e. The second-order valence-corrected chi connectivity index (χ2v) is 6.12. The van der Waals surface area contributed by atoms with Gasteiger partial charge in [-0.2, -0.15) is 0 Å². The lowest BCUT2D eigenvalue weighted by Crippen LogP contribution is -2.45. The fraction of sp³-hybridized carbons (Fsp3) is 0.667. The molecule has 0 bridgehead atoms. The summed E-state index contributed by atoms with van der Waals surface area (Å²) in [6, 6.07) is 2.70. The Morgan fingerprint density at radius 1 is 1.43 bits per heavy atom. The van der Waals surface area contributed by atoms with Crippen molar-refractivity contribution in [1.82, 2.24) is 10.3 Å². The molecule has 1 N–H and O–H groups in total. The van der Waals surface area contributed by atoms with Crippen LogP contribution in [0.1, 0.15) is 37.7 Å². The molecule has 6 heteroatoms. The second kappa shape index (κ2) is 5.97. The number of anilines is 1. The average molecular weight is 290 g/mol. The van der Waals surface area contributed by atoms with Crippen LogP contribution in [0.3, 0.4) is 0 Å². The number of hydrogen-bond acceptors (Lipinski definition) is 5. The Morgan fingerprint density at radius 3 is 2.81 bits per heavy atom. The lowest BCUT2D eigenvalue weighted by Gasteiger charge is -2.32. The van der Waals surface area contributed by atoms with Crippen molar-refractivity contribution in [2.75, 3.05) is 18.0 Å². The van der Waals surface area contributed by atoms with E-state index in [4.69, 9.17) is 0 Å². The van der Waals surface area contributed by atoms with Gasteiger partial charge >= 0.3 is 0 Å². The number of aryl methyl sites for hydroxylation is 1. The van der Waals surface area contributed by atoms with Crippen LogP contribution in [0.25, 0.3) is 0 Å². The van der Waals surface area contributed by atoms with Crippen molar-refractivity contribution >= 4 is 11.5 Å². The van der Waals surface area contributed by atoms with Gasteiger partial charge in [0.25, 0.3) is 5.69 Å². The van der Waals surface area contributed by atoms with Crippen LogP contribution in [-0.4, -0.2) is 35.1 Å². The molecular formula is C15H22N4O2. The highest BCUT2D eigenvalue weighted by Gasteiger charge is 2.33. The fourth-order valence-electron chi connectivity index (χ4n) is 3.07. The molecule has 21 heavy (non-hydrogen) atoms. The van der Waals surface area contributed by atoms with Crippen LogP contribution in [0.4, 0.5) is 11.5 Å². The van der Waals surface area contributed by atoms with E-state index in [2.05, 4.69) is 15.2 Å². The van der Waals surface area contributed by atoms with Crippen molar-refractivity contribution in [3.8, 4) is 0 Å². The van der Waals surface area contributed by atoms with Gasteiger partial charge in [-0.25, -0.2) is 4.98 Å². The van der Waals surface area contributed by atoms with E-state index in [0.717, 1.165) is 24.5 Å². The van der Waals surface area contributed by atoms with Crippen LogP contribution in [0.5, 0.6) is 0 Å². The first kappa shape index (κ1) is 14.3. The van der Waals surface area contributed by atoms with E-state index < -0.39 is 0 Å². The summed E-state index contributed by atoms with van der Waals surface area (Å²) in [4.78, 5) is 17.2. The SMILES string of the molecule is Cc1cc([N+](=O)[O-])cnc1N(CC1CCCCN1)C1CC1. The first-order valence-electron chi connectivity index (χ1n) is 7.76. The molecule has 2 fully saturated rings. The molecule has 0 aromatic carbocycles. The average Bonchev–Trinajstić information content (AvgIpc) is 3.31. The maximum atomic E-state index is 10.8. The molecule has 1 aliphatic heterocycles. The zero-order chi connectivity index (χ0) is 14.8. The van der Waals surface area contributed by atoms with Crippen LogP contribution in [0.15, 0.2) is 12.3 Å². The largest absolute Gasteiger partial charge is 0.352 e. The molecule has 3 rings (SSSR count). The Balaban J connectivity index is 1.78. The summed E-state index contributed by atoms with van der Waals surface area (Å²) < 4.78 is 0. The van der Waals surface area contributed by atoms with Crippen LogP contribution < -0.4 is 10.2 Å². The van der Waals surface area contributed by atoms with Crippen molar-refractivity contribution in [1.29, 1.82) is 0 Å². The number of nitro groups is 1. The monoisotopic (exact) mass is 290 g/mol. The van der Waals surface area contributed by atoms with E-state index in [1.807, 2.05) is 6.92 Å². The smallest absolute Gasteiger partial charge is 0.287 e. The van der Waals surface area contributed by atoms with Gasteiger partial charge in [0.1, 0.15) is 12.0 Å². The van der Waals surface area contributed by atoms with Crippen LogP contribution in [-0.2, 0) is 0 Å². The first-order valence-corrected chi connectivity index (χ1v) is 7.76. The molecule has 1 unspecified atom stereocenters. The number of pyridine rings is 1. The van der Waals surface area contributed by atoms with Gasteiger partial charge < -0.3 is 10.2 Å². The summed E-state index contributed by atoms with van der Waals surface area (Å²) in [6.07, 6.45) is 7.52. The summed E-state index contributed by atoms with van der Waals surface area (Å²) in [5.41, 5.74) is 0.967. The number of hydrogen-bond donors (Lipinski definition) is 1. The molecule has 6 nitrogen and oxygen atoms in total. The quantitative estimate of drug-likeness (QED) is 0.666. The Morgan fingerprint density at radius 2 is 2.24 bits per heavy atom. The first-order chi connectivity index (χ1) is 10.1. The van der Waals surface area contributed by atoms with Crippen molar-refractivity contribution in [2.45, 2.75) is 51.1 Å². The molecule has 114 valence electrons. The lowest BCUT2D eigenvalue weighted by atomic mass is 10.0. The Bertz CT molecular complexity index is 524. The summed E-state index contributed by atoms with van der Waals surface area (Å²) in [6.45, 7) is 3.96. The van der Waals surface area contributed by atoms with E-state index in [9.17, 15) is 10.1 Å². The number of nitrogens with one attached hydrogen (secondary N) is 1. The van der Waals surface area contributed by atoms with Gasteiger partial charge in [0, 0.05) is 24.7 Å². The Kier molecular flexibility index (Phi) is 4.05. The number of rotatable bonds is 5. The zero-order valence-electron chi connectivity index (χ0n) is 12.4. The summed E-state index contributed by atoms with van der Waals surface area (Å²) in [5.74, 6) is 0.912. The molecule has 1 atom stereocenters. The van der Waals surface area contributed by atoms with Crippen LogP contribution in [0, 0.1) is 17.0 Å². The molecule has 0 radical (unpaired) electrons. The van der Waals surface area contributed by atoms with Crippen molar-refractivity contribution in [3.63, 3.8) is 0 Å². The number of piperidine rings is 1. The predicted molar refractivity (Wildman–Crippen MR) is 81.6 cm³/mol. The molecule has 1 saturated heterocycles. The lowest BCUT2D eigenvalue weighted by molar-refractivity contribution is -0.385. The van der Waals surface area contributed by atoms with Crippen LogP contribution >= 0.6 is 0 Å². The third kappa shape index (κ3) is 3.32. The van der Waals surface area contributed by atoms with Gasteiger partial charge in [-0.3, -0.25) is 10.1 Å². The predicted octanol–water partition coefficient (Wildman–Crippen LogP) is 2.41. The normalized spacial score (nSPS) is 22.0. The Labute approximate surface area is 124 Å². The highest BCUT2D eigenvalue weighted by molar-refractivity contribution is 5.52. The van der Waals surface area contributed by atoms with Crippen LogP contribution in [0.2, 0.25) is 0 Å². The summed E-state index contributed by atoms with van der Waals surface area (Å²) in [7, 11) is 0. The van der Waals surface area contributed by atoms with Gasteiger partial charge in [0.15, 0.2) is 0 Å². The highest BCUT2D eigenvalue weighted by atomic mass is 16.6. The highest BCUT2D eigenvalue weighted by Crippen LogP contribution is 2.33. The third-order valence-corrected chi connectivity index (χ3v) is 4.34. The van der Waals surface area contributed by atoms with E-state index in [1.165, 1.54) is 38.3 Å². The standard InChI is InChI=1S/C15H22N4O2/c1-11-8-14(19(20)21)9-17-15(11)18(13-5-6-13)10-12-4-2-3-7-16-12/h8-9,12-13,16H,2-7,10H2,1H3. The molecule has 1 aromatic rings. The minimum absolute atomic E-state index is 0.0720. The fourth-order valence-corrected chi connectivity index (χ4v) is 3.07. The van der Waals surface area contributed by atoms with Crippen molar-refractivity contribution in [3.05, 3.63) is 27.9 Å². The van der Waals surface area contributed by atoms with E-state index >= 15 is 0 Å². The van der Waals surface area contributed by atoms with Crippen molar-refractivity contribution in [2.24, 2.45) is 0 Å². The summed E-state index contributed by atoms with van der Waals surface area (Å²) >= 11 is 0. The molecule has 2 aliphatic rings. The van der Waals surface area contributed by atoms with Crippen molar-refractivity contribution < 1.29 is 4.92 Å². The van der Waals surface area contributed by atoms with E-state index in [1.54, 1.807) is 6.07 Å². The molecule has 0 amide bonds. The topological polar surface area (TPSA) is 71.3 Å². The van der Waals surface area contributed by atoms with Gasteiger partial charge in [0.05, 0.1) is 4.92 Å². The minimum atomic E-state index is -0.381. The van der Waals surface area contributed by atoms with Gasteiger partial charge in [-0.05, 0) is 44.7 Å². The second-order valence-electron chi connectivity index (χ2n) is 6.12. The summed E-state index contributed by atoms with van der Waals surface area (Å²) in [5, 5.41) is 14.4. The molecule has 0 spiro atoms.